The second-order valence-electron chi connectivity index (χ2n) is 6.94. The Balaban J connectivity index is 1.31. The molecule has 2 N–H and O–H groups in total. The molecule has 1 amide bonds. The average Bonchev–Trinajstić information content (AvgIpc) is 3.25. The molecule has 0 radical (unpaired) electrons. The van der Waals surface area contributed by atoms with E-state index in [4.69, 9.17) is 4.42 Å². The molecule has 3 aromatic carbocycles. The number of carbonyl (C=O) groups is 1. The van der Waals surface area contributed by atoms with E-state index in [1.807, 2.05) is 42.5 Å². The number of hydrogen-bond donors (Lipinski definition) is 2. The summed E-state index contributed by atoms with van der Waals surface area (Å²) in [6, 6.07) is 18.4. The van der Waals surface area contributed by atoms with Crippen molar-refractivity contribution in [2.45, 2.75) is 18.7 Å². The summed E-state index contributed by atoms with van der Waals surface area (Å²) < 4.78 is 5.54. The number of nitro groups is 1. The largest absolute Gasteiger partial charge is 0.414 e. The lowest BCUT2D eigenvalue weighted by atomic mass is 10.1. The Morgan fingerprint density at radius 3 is 2.78 bits per heavy atom. The fourth-order valence-corrected chi connectivity index (χ4v) is 3.69. The van der Waals surface area contributed by atoms with Crippen LogP contribution >= 0.6 is 11.8 Å². The van der Waals surface area contributed by atoms with Crippen LogP contribution in [0.5, 0.6) is 0 Å². The van der Waals surface area contributed by atoms with E-state index in [-0.39, 0.29) is 29.1 Å². The molecule has 32 heavy (non-hydrogen) atoms. The number of thioether (sulfide) groups is 1. The Morgan fingerprint density at radius 1 is 1.12 bits per heavy atom. The predicted molar refractivity (Wildman–Crippen MR) is 123 cm³/mol. The maximum atomic E-state index is 12.4. The summed E-state index contributed by atoms with van der Waals surface area (Å²) in [7, 11) is 0. The van der Waals surface area contributed by atoms with Gasteiger partial charge in [-0.1, -0.05) is 54.2 Å². The zero-order valence-corrected chi connectivity index (χ0v) is 17.9. The van der Waals surface area contributed by atoms with Gasteiger partial charge in [-0.25, -0.2) is 0 Å². The van der Waals surface area contributed by atoms with Gasteiger partial charge in [0.2, 0.25) is 11.8 Å². The fraction of sp³-hybridized carbons (Fsp3) is 0.136. The Kier molecular flexibility index (Phi) is 6.31. The van der Waals surface area contributed by atoms with E-state index in [1.54, 1.807) is 19.1 Å². The van der Waals surface area contributed by atoms with Crippen LogP contribution in [0, 0.1) is 17.0 Å². The quantitative estimate of drug-likeness (QED) is 0.224. The lowest BCUT2D eigenvalue weighted by Crippen LogP contribution is -2.14. The summed E-state index contributed by atoms with van der Waals surface area (Å²) in [4.78, 5) is 23.0. The van der Waals surface area contributed by atoms with Gasteiger partial charge in [-0.2, -0.15) is 0 Å². The van der Waals surface area contributed by atoms with Crippen LogP contribution in [0.3, 0.4) is 0 Å². The van der Waals surface area contributed by atoms with Crippen molar-refractivity contribution >= 4 is 45.5 Å². The lowest BCUT2D eigenvalue weighted by Gasteiger charge is -2.07. The maximum absolute atomic E-state index is 12.4. The number of nitro benzene ring substituents is 1. The number of anilines is 2. The van der Waals surface area contributed by atoms with Gasteiger partial charge in [0.1, 0.15) is 0 Å². The second kappa shape index (κ2) is 9.48. The van der Waals surface area contributed by atoms with Gasteiger partial charge in [0.15, 0.2) is 0 Å². The van der Waals surface area contributed by atoms with Crippen molar-refractivity contribution in [1.82, 2.24) is 10.2 Å². The topological polar surface area (TPSA) is 123 Å². The summed E-state index contributed by atoms with van der Waals surface area (Å²) in [5.74, 6) is 0.240. The van der Waals surface area contributed by atoms with Gasteiger partial charge in [0.25, 0.3) is 10.9 Å². The third-order valence-corrected chi connectivity index (χ3v) is 5.51. The van der Waals surface area contributed by atoms with Crippen LogP contribution in [-0.4, -0.2) is 26.8 Å². The Morgan fingerprint density at radius 2 is 1.94 bits per heavy atom. The number of hydrogen-bond acceptors (Lipinski definition) is 8. The van der Waals surface area contributed by atoms with Crippen molar-refractivity contribution in [2.24, 2.45) is 0 Å². The van der Waals surface area contributed by atoms with Crippen LogP contribution in [0.2, 0.25) is 0 Å². The third-order valence-electron chi connectivity index (χ3n) is 4.69. The van der Waals surface area contributed by atoms with E-state index < -0.39 is 4.92 Å². The maximum Gasteiger partial charge on any atom is 0.277 e. The van der Waals surface area contributed by atoms with Gasteiger partial charge in [0.05, 0.1) is 17.2 Å². The number of nitrogens with zero attached hydrogens (tertiary/aromatic N) is 3. The minimum absolute atomic E-state index is 0.0361. The van der Waals surface area contributed by atoms with E-state index in [1.165, 1.54) is 6.07 Å². The number of carbonyl (C=O) groups excluding carboxylic acids is 1. The Hall–Kier alpha value is -3.92. The van der Waals surface area contributed by atoms with Crippen molar-refractivity contribution in [1.29, 1.82) is 0 Å². The Labute approximate surface area is 187 Å². The van der Waals surface area contributed by atoms with E-state index >= 15 is 0 Å². The highest BCUT2D eigenvalue weighted by Crippen LogP contribution is 2.25. The van der Waals surface area contributed by atoms with Crippen molar-refractivity contribution in [2.75, 3.05) is 16.4 Å². The van der Waals surface area contributed by atoms with Crippen molar-refractivity contribution in [3.63, 3.8) is 0 Å². The molecule has 0 saturated heterocycles. The van der Waals surface area contributed by atoms with E-state index in [9.17, 15) is 14.9 Å². The first-order valence-electron chi connectivity index (χ1n) is 9.71. The molecule has 0 aliphatic carbocycles. The van der Waals surface area contributed by atoms with Crippen LogP contribution in [0.4, 0.5) is 17.1 Å². The van der Waals surface area contributed by atoms with Gasteiger partial charge in [-0.3, -0.25) is 14.9 Å². The zero-order chi connectivity index (χ0) is 22.5. The van der Waals surface area contributed by atoms with Crippen LogP contribution in [0.1, 0.15) is 11.5 Å². The monoisotopic (exact) mass is 449 g/mol. The first-order valence-corrected chi connectivity index (χ1v) is 10.7. The summed E-state index contributed by atoms with van der Waals surface area (Å²) in [6.45, 7) is 1.88. The number of aryl methyl sites for hydroxylation is 1. The summed E-state index contributed by atoms with van der Waals surface area (Å²) in [5, 5.41) is 27.2. The predicted octanol–water partition coefficient (Wildman–Crippen LogP) is 4.78. The molecule has 0 fully saturated rings. The standard InChI is InChI=1S/C22H19N5O4S/c1-14-9-10-16(11-19(14)27(29)30)23-12-21-25-26-22(31-21)32-13-20(28)24-18-8-4-6-15-5-2-3-7-17(15)18/h2-11,23H,12-13H2,1H3,(H,24,28). The highest BCUT2D eigenvalue weighted by atomic mass is 32.2. The van der Waals surface area contributed by atoms with Crippen molar-refractivity contribution in [3.8, 4) is 0 Å². The number of rotatable bonds is 8. The molecule has 4 rings (SSSR count). The molecular weight excluding hydrogens is 430 g/mol. The molecule has 0 unspecified atom stereocenters. The molecule has 1 aromatic heterocycles. The normalized spacial score (nSPS) is 10.8. The molecule has 0 aliphatic heterocycles. The van der Waals surface area contributed by atoms with Gasteiger partial charge >= 0.3 is 0 Å². The van der Waals surface area contributed by atoms with Gasteiger partial charge in [0, 0.05) is 28.4 Å². The summed E-state index contributed by atoms with van der Waals surface area (Å²) >= 11 is 1.13. The van der Waals surface area contributed by atoms with Crippen molar-refractivity contribution in [3.05, 3.63) is 82.2 Å². The second-order valence-corrected chi connectivity index (χ2v) is 7.86. The third kappa shape index (κ3) is 5.03. The molecule has 4 aromatic rings. The molecule has 0 atom stereocenters. The van der Waals surface area contributed by atoms with Crippen LogP contribution in [0.15, 0.2) is 70.3 Å². The van der Waals surface area contributed by atoms with Crippen molar-refractivity contribution < 1.29 is 14.1 Å². The number of aromatic nitrogens is 2. The molecule has 162 valence electrons. The number of fused-ring (bicyclic) bond motifs is 1. The van der Waals surface area contributed by atoms with E-state index in [0.717, 1.165) is 28.2 Å². The summed E-state index contributed by atoms with van der Waals surface area (Å²) in [6.07, 6.45) is 0. The summed E-state index contributed by atoms with van der Waals surface area (Å²) in [5.41, 5.74) is 1.94. The molecule has 0 spiro atoms. The average molecular weight is 449 g/mol. The highest BCUT2D eigenvalue weighted by molar-refractivity contribution is 7.99. The van der Waals surface area contributed by atoms with Crippen LogP contribution in [-0.2, 0) is 11.3 Å². The SMILES string of the molecule is Cc1ccc(NCc2nnc(SCC(=O)Nc3cccc4ccccc34)o2)cc1[N+](=O)[O-]. The molecular formula is C22H19N5O4S. The van der Waals surface area contributed by atoms with Crippen LogP contribution in [0.25, 0.3) is 10.8 Å². The minimum atomic E-state index is -0.425. The zero-order valence-electron chi connectivity index (χ0n) is 17.1. The van der Waals surface area contributed by atoms with Crippen LogP contribution < -0.4 is 10.6 Å². The van der Waals surface area contributed by atoms with E-state index in [2.05, 4.69) is 20.8 Å². The van der Waals surface area contributed by atoms with Gasteiger partial charge in [-0.15, -0.1) is 10.2 Å². The molecule has 9 nitrogen and oxygen atoms in total. The number of benzene rings is 3. The number of amides is 1. The molecule has 1 heterocycles. The fourth-order valence-electron chi connectivity index (χ4n) is 3.11. The molecule has 0 aliphatic rings. The first-order chi connectivity index (χ1) is 15.5. The van der Waals surface area contributed by atoms with Gasteiger partial charge < -0.3 is 15.1 Å². The molecule has 0 saturated carbocycles. The molecule has 0 bridgehead atoms. The molecule has 10 heteroatoms. The first kappa shape index (κ1) is 21.3. The highest BCUT2D eigenvalue weighted by Gasteiger charge is 2.13. The number of nitrogens with one attached hydrogen (secondary N) is 2. The van der Waals surface area contributed by atoms with Gasteiger partial charge in [-0.05, 0) is 24.4 Å². The minimum Gasteiger partial charge on any atom is -0.414 e. The Bertz CT molecular complexity index is 1290. The smallest absolute Gasteiger partial charge is 0.277 e. The van der Waals surface area contributed by atoms with E-state index in [0.29, 0.717) is 17.1 Å². The lowest BCUT2D eigenvalue weighted by molar-refractivity contribution is -0.385.